The van der Waals surface area contributed by atoms with E-state index in [1.807, 2.05) is 60.3 Å². The van der Waals surface area contributed by atoms with Crippen molar-refractivity contribution in [1.82, 2.24) is 5.32 Å². The molecule has 0 fully saturated rings. The van der Waals surface area contributed by atoms with Gasteiger partial charge in [0.25, 0.3) is 0 Å². The van der Waals surface area contributed by atoms with Gasteiger partial charge in [0, 0.05) is 12.1 Å². The lowest BCUT2D eigenvalue weighted by Gasteiger charge is -2.08. The summed E-state index contributed by atoms with van der Waals surface area (Å²) in [7, 11) is 1.98. The number of carbonyl (C=O) groups is 1. The Morgan fingerprint density at radius 1 is 0.824 bits per heavy atom. The first-order valence-electron chi connectivity index (χ1n) is 13.1. The predicted molar refractivity (Wildman–Crippen MR) is 136 cm³/mol. The smallest absolute Gasteiger partial charge is 0.224 e. The quantitative estimate of drug-likeness (QED) is 0.167. The standard InChI is InChI=1S/C29H44N2O2.HI/c1-3-4-5-6-7-8-9-10-11-12-13-16-23-33-28-20-18-26(19-21-28)24-29(32)30-25-27-17-14-15-22-31(27)2;/h14-15,17-22H,3-13,16,23-25H2,1-2H3;1H. The van der Waals surface area contributed by atoms with Gasteiger partial charge in [-0.2, -0.15) is 0 Å². The molecule has 2 aromatic rings. The Hall–Kier alpha value is -1.63. The van der Waals surface area contributed by atoms with Gasteiger partial charge in [-0.25, -0.2) is 4.57 Å². The average Bonchev–Trinajstić information content (AvgIpc) is 2.82. The summed E-state index contributed by atoms with van der Waals surface area (Å²) in [4.78, 5) is 12.2. The number of pyridine rings is 1. The van der Waals surface area contributed by atoms with E-state index in [1.54, 1.807) is 0 Å². The highest BCUT2D eigenvalue weighted by atomic mass is 127. The predicted octanol–water partition coefficient (Wildman–Crippen LogP) is 3.45. The summed E-state index contributed by atoms with van der Waals surface area (Å²) in [6, 6.07) is 13.9. The van der Waals surface area contributed by atoms with Crippen LogP contribution in [-0.4, -0.2) is 12.5 Å². The summed E-state index contributed by atoms with van der Waals surface area (Å²) in [6.07, 6.45) is 18.6. The van der Waals surface area contributed by atoms with Gasteiger partial charge < -0.3 is 34.0 Å². The SMILES string of the molecule is CCCCCCCCCCCCCCOc1ccc(CC(=O)NCc2cccc[n+]2C)cc1.[I-]. The molecule has 0 aliphatic heterocycles. The fraction of sp³-hybridized carbons (Fsp3) is 0.586. The summed E-state index contributed by atoms with van der Waals surface area (Å²) in [5.74, 6) is 0.919. The van der Waals surface area contributed by atoms with Crippen molar-refractivity contribution < 1.29 is 38.1 Å². The summed E-state index contributed by atoms with van der Waals surface area (Å²) in [5.41, 5.74) is 2.08. The lowest BCUT2D eigenvalue weighted by Crippen LogP contribution is -3.00. The van der Waals surface area contributed by atoms with Gasteiger partial charge in [0.1, 0.15) is 19.3 Å². The number of aromatic nitrogens is 1. The second-order valence-electron chi connectivity index (χ2n) is 9.14. The number of aryl methyl sites for hydroxylation is 1. The van der Waals surface area contributed by atoms with Crippen LogP contribution in [0.25, 0.3) is 0 Å². The van der Waals surface area contributed by atoms with Crippen LogP contribution in [0.15, 0.2) is 48.7 Å². The zero-order valence-electron chi connectivity index (χ0n) is 21.4. The lowest BCUT2D eigenvalue weighted by atomic mass is 10.1. The maximum Gasteiger partial charge on any atom is 0.224 e. The van der Waals surface area contributed by atoms with E-state index < -0.39 is 0 Å². The van der Waals surface area contributed by atoms with Crippen molar-refractivity contribution in [3.05, 3.63) is 59.9 Å². The Balaban J connectivity index is 0.00000578. The molecule has 0 saturated carbocycles. The summed E-state index contributed by atoms with van der Waals surface area (Å²) in [6.45, 7) is 3.58. The number of nitrogens with zero attached hydrogens (tertiary/aromatic N) is 1. The fourth-order valence-electron chi connectivity index (χ4n) is 4.02. The van der Waals surface area contributed by atoms with Crippen LogP contribution in [0.2, 0.25) is 0 Å². The third-order valence-corrected chi connectivity index (χ3v) is 6.18. The van der Waals surface area contributed by atoms with Crippen LogP contribution in [0.1, 0.15) is 95.2 Å². The van der Waals surface area contributed by atoms with E-state index in [0.29, 0.717) is 13.0 Å². The van der Waals surface area contributed by atoms with Crippen molar-refractivity contribution in [2.75, 3.05) is 6.61 Å². The topological polar surface area (TPSA) is 42.2 Å². The minimum Gasteiger partial charge on any atom is -1.00 e. The Morgan fingerprint density at radius 2 is 1.41 bits per heavy atom. The third kappa shape index (κ3) is 13.9. The van der Waals surface area contributed by atoms with Crippen LogP contribution in [0.5, 0.6) is 5.75 Å². The normalized spacial score (nSPS) is 10.5. The van der Waals surface area contributed by atoms with Gasteiger partial charge >= 0.3 is 0 Å². The molecule has 1 amide bonds. The molecule has 4 nitrogen and oxygen atoms in total. The number of halogens is 1. The monoisotopic (exact) mass is 580 g/mol. The molecule has 0 aliphatic rings. The Labute approximate surface area is 224 Å². The van der Waals surface area contributed by atoms with Gasteiger partial charge in [0.2, 0.25) is 5.91 Å². The van der Waals surface area contributed by atoms with Gasteiger partial charge in [-0.3, -0.25) is 4.79 Å². The maximum atomic E-state index is 12.2. The molecule has 1 aromatic heterocycles. The minimum atomic E-state index is 0. The molecular weight excluding hydrogens is 535 g/mol. The van der Waals surface area contributed by atoms with Crippen LogP contribution in [0.4, 0.5) is 0 Å². The van der Waals surface area contributed by atoms with Gasteiger partial charge in [-0.1, -0.05) is 95.8 Å². The summed E-state index contributed by atoms with van der Waals surface area (Å²) < 4.78 is 7.89. The zero-order valence-corrected chi connectivity index (χ0v) is 23.5. The average molecular weight is 581 g/mol. The first kappa shape index (κ1) is 30.4. The van der Waals surface area contributed by atoms with Crippen LogP contribution < -0.4 is 38.6 Å². The highest BCUT2D eigenvalue weighted by molar-refractivity contribution is 5.78. The van der Waals surface area contributed by atoms with Crippen LogP contribution in [0, 0.1) is 0 Å². The minimum absolute atomic E-state index is 0. The number of nitrogens with one attached hydrogen (secondary N) is 1. The molecule has 34 heavy (non-hydrogen) atoms. The van der Waals surface area contributed by atoms with E-state index in [9.17, 15) is 4.79 Å². The molecule has 0 bridgehead atoms. The van der Waals surface area contributed by atoms with E-state index >= 15 is 0 Å². The number of hydrogen-bond acceptors (Lipinski definition) is 2. The van der Waals surface area contributed by atoms with Crippen molar-refractivity contribution in [3.63, 3.8) is 0 Å². The van der Waals surface area contributed by atoms with Crippen molar-refractivity contribution in [3.8, 4) is 5.75 Å². The summed E-state index contributed by atoms with van der Waals surface area (Å²) in [5, 5.41) is 2.99. The van der Waals surface area contributed by atoms with Gasteiger partial charge in [-0.05, 0) is 24.1 Å². The zero-order chi connectivity index (χ0) is 23.6. The number of unbranched alkanes of at least 4 members (excludes halogenated alkanes) is 11. The van der Waals surface area contributed by atoms with E-state index in [-0.39, 0.29) is 29.9 Å². The number of carbonyl (C=O) groups excluding carboxylic acids is 1. The van der Waals surface area contributed by atoms with Gasteiger partial charge in [0.15, 0.2) is 11.9 Å². The molecule has 190 valence electrons. The second kappa shape index (κ2) is 19.7. The van der Waals surface area contributed by atoms with Gasteiger partial charge in [-0.15, -0.1) is 0 Å². The first-order valence-corrected chi connectivity index (χ1v) is 13.1. The largest absolute Gasteiger partial charge is 1.00 e. The molecule has 2 rings (SSSR count). The molecule has 1 heterocycles. The molecule has 0 radical (unpaired) electrons. The molecule has 0 saturated heterocycles. The van der Waals surface area contributed by atoms with E-state index in [2.05, 4.69) is 12.2 Å². The molecule has 5 heteroatoms. The molecule has 0 unspecified atom stereocenters. The molecule has 0 atom stereocenters. The molecule has 1 N–H and O–H groups in total. The Bertz CT molecular complexity index is 780. The molecule has 0 aliphatic carbocycles. The summed E-state index contributed by atoms with van der Waals surface area (Å²) >= 11 is 0. The number of rotatable bonds is 18. The van der Waals surface area contributed by atoms with E-state index in [1.165, 1.54) is 70.6 Å². The first-order chi connectivity index (χ1) is 16.2. The van der Waals surface area contributed by atoms with Crippen molar-refractivity contribution in [1.29, 1.82) is 0 Å². The number of hydrogen-bond donors (Lipinski definition) is 1. The van der Waals surface area contributed by atoms with Gasteiger partial charge in [0.05, 0.1) is 13.0 Å². The Morgan fingerprint density at radius 3 is 2.00 bits per heavy atom. The van der Waals surface area contributed by atoms with Crippen molar-refractivity contribution in [2.24, 2.45) is 7.05 Å². The van der Waals surface area contributed by atoms with Crippen LogP contribution >= 0.6 is 0 Å². The van der Waals surface area contributed by atoms with Crippen molar-refractivity contribution >= 4 is 5.91 Å². The van der Waals surface area contributed by atoms with Crippen LogP contribution in [-0.2, 0) is 24.8 Å². The van der Waals surface area contributed by atoms with Crippen molar-refractivity contribution in [2.45, 2.75) is 96.9 Å². The van der Waals surface area contributed by atoms with Crippen LogP contribution in [0.3, 0.4) is 0 Å². The second-order valence-corrected chi connectivity index (χ2v) is 9.14. The highest BCUT2D eigenvalue weighted by Crippen LogP contribution is 2.15. The Kier molecular flexibility index (Phi) is 17.6. The number of benzene rings is 1. The maximum absolute atomic E-state index is 12.2. The molecular formula is C29H45IN2O2. The van der Waals surface area contributed by atoms with E-state index in [0.717, 1.165) is 30.0 Å². The highest BCUT2D eigenvalue weighted by Gasteiger charge is 2.08. The van der Waals surface area contributed by atoms with E-state index in [4.69, 9.17) is 4.74 Å². The molecule has 1 aromatic carbocycles. The lowest BCUT2D eigenvalue weighted by molar-refractivity contribution is -0.679. The third-order valence-electron chi connectivity index (χ3n) is 6.18. The molecule has 0 spiro atoms. The number of ether oxygens (including phenoxy) is 1. The number of amides is 1. The fourth-order valence-corrected chi connectivity index (χ4v) is 4.02.